The summed E-state index contributed by atoms with van der Waals surface area (Å²) in [6, 6.07) is 0. The minimum absolute atomic E-state index is 0.758. The molecular formula is C17H32NP. The lowest BCUT2D eigenvalue weighted by molar-refractivity contribution is 0.464. The predicted octanol–water partition coefficient (Wildman–Crippen LogP) is 4.39. The lowest BCUT2D eigenvalue weighted by Crippen LogP contribution is -2.21. The van der Waals surface area contributed by atoms with Crippen molar-refractivity contribution in [2.75, 3.05) is 13.1 Å². The number of hydrogen-bond donors (Lipinski definition) is 1. The first-order valence-electron chi connectivity index (χ1n) is 8.33. The summed E-state index contributed by atoms with van der Waals surface area (Å²) < 4.78 is 0. The van der Waals surface area contributed by atoms with E-state index >= 15 is 0 Å². The van der Waals surface area contributed by atoms with Gasteiger partial charge in [-0.15, -0.1) is 9.24 Å². The van der Waals surface area contributed by atoms with Crippen molar-refractivity contribution in [3.05, 3.63) is 12.2 Å². The van der Waals surface area contributed by atoms with Crippen LogP contribution in [0.4, 0.5) is 0 Å². The molecule has 0 aromatic carbocycles. The highest BCUT2D eigenvalue weighted by molar-refractivity contribution is 7.18. The zero-order chi connectivity index (χ0) is 13.7. The van der Waals surface area contributed by atoms with E-state index in [1.54, 1.807) is 0 Å². The molecular weight excluding hydrogens is 249 g/mol. The lowest BCUT2D eigenvalue weighted by Gasteiger charge is -2.11. The molecule has 0 aliphatic heterocycles. The van der Waals surface area contributed by atoms with Crippen molar-refractivity contribution < 1.29 is 0 Å². The Morgan fingerprint density at radius 2 is 2.11 bits per heavy atom. The van der Waals surface area contributed by atoms with E-state index in [2.05, 4.69) is 40.6 Å². The van der Waals surface area contributed by atoms with Gasteiger partial charge in [-0.1, -0.05) is 51.7 Å². The molecule has 2 aliphatic rings. The second kappa shape index (κ2) is 7.23. The SMILES string of the molecule is CCCCCCC(C)CNCC=CC1C(P)C12CC2. The number of hydrogen-bond acceptors (Lipinski definition) is 1. The summed E-state index contributed by atoms with van der Waals surface area (Å²) in [6.45, 7) is 6.89. The van der Waals surface area contributed by atoms with Crippen molar-refractivity contribution in [1.82, 2.24) is 5.32 Å². The number of nitrogens with one attached hydrogen (secondary N) is 1. The van der Waals surface area contributed by atoms with Crippen LogP contribution in [0.25, 0.3) is 0 Å². The quantitative estimate of drug-likeness (QED) is 0.356. The third kappa shape index (κ3) is 4.30. The van der Waals surface area contributed by atoms with Crippen molar-refractivity contribution in [1.29, 1.82) is 0 Å². The van der Waals surface area contributed by atoms with E-state index in [9.17, 15) is 0 Å². The van der Waals surface area contributed by atoms with Crippen molar-refractivity contribution in [2.45, 2.75) is 64.5 Å². The third-order valence-electron chi connectivity index (χ3n) is 5.08. The lowest BCUT2D eigenvalue weighted by atomic mass is 10.0. The summed E-state index contributed by atoms with van der Waals surface area (Å²) in [7, 11) is 3.03. The van der Waals surface area contributed by atoms with E-state index in [-0.39, 0.29) is 0 Å². The molecule has 0 aromatic rings. The van der Waals surface area contributed by atoms with Gasteiger partial charge in [-0.25, -0.2) is 0 Å². The van der Waals surface area contributed by atoms with Crippen molar-refractivity contribution in [3.8, 4) is 0 Å². The summed E-state index contributed by atoms with van der Waals surface area (Å²) >= 11 is 0. The molecule has 2 fully saturated rings. The van der Waals surface area contributed by atoms with Crippen LogP contribution < -0.4 is 5.32 Å². The standard InChI is InChI=1S/C17H32NP/c1-3-4-5-6-8-14(2)13-18-12-7-9-15-16(19)17(15)10-11-17/h7,9,14-16,18H,3-6,8,10-13,19H2,1-2H3. The van der Waals surface area contributed by atoms with Crippen molar-refractivity contribution in [3.63, 3.8) is 0 Å². The van der Waals surface area contributed by atoms with Crippen LogP contribution in [-0.4, -0.2) is 18.7 Å². The van der Waals surface area contributed by atoms with E-state index in [0.29, 0.717) is 0 Å². The first-order valence-corrected chi connectivity index (χ1v) is 9.00. The van der Waals surface area contributed by atoms with E-state index in [4.69, 9.17) is 0 Å². The topological polar surface area (TPSA) is 12.0 Å². The molecule has 1 spiro atoms. The molecule has 0 aromatic heterocycles. The molecule has 2 heteroatoms. The summed E-state index contributed by atoms with van der Waals surface area (Å²) in [5, 5.41) is 3.58. The van der Waals surface area contributed by atoms with Crippen molar-refractivity contribution in [2.24, 2.45) is 17.3 Å². The van der Waals surface area contributed by atoms with Gasteiger partial charge in [0.15, 0.2) is 0 Å². The van der Waals surface area contributed by atoms with Crippen LogP contribution in [0.2, 0.25) is 0 Å². The molecule has 2 rings (SSSR count). The summed E-state index contributed by atoms with van der Waals surface area (Å²) in [5.41, 5.74) is 1.65. The molecule has 2 aliphatic carbocycles. The van der Waals surface area contributed by atoms with Crippen molar-refractivity contribution >= 4 is 9.24 Å². The van der Waals surface area contributed by atoms with Gasteiger partial charge in [0.25, 0.3) is 0 Å². The third-order valence-corrected chi connectivity index (χ3v) is 6.16. The Kier molecular flexibility index (Phi) is 5.90. The Morgan fingerprint density at radius 1 is 1.32 bits per heavy atom. The first-order chi connectivity index (χ1) is 9.20. The summed E-state index contributed by atoms with van der Waals surface area (Å²) in [4.78, 5) is 0. The molecule has 110 valence electrons. The normalized spacial score (nSPS) is 29.0. The van der Waals surface area contributed by atoms with Gasteiger partial charge in [0.2, 0.25) is 0 Å². The fraction of sp³-hybridized carbons (Fsp3) is 0.882. The second-order valence-corrected chi connectivity index (χ2v) is 7.54. The van der Waals surface area contributed by atoms with E-state index in [1.165, 1.54) is 51.5 Å². The molecule has 1 nitrogen and oxygen atoms in total. The molecule has 0 heterocycles. The minimum atomic E-state index is 0.758. The second-order valence-electron chi connectivity index (χ2n) is 6.83. The van der Waals surface area contributed by atoms with Gasteiger partial charge < -0.3 is 5.32 Å². The maximum Gasteiger partial charge on any atom is 0.0135 e. The Balaban J connectivity index is 1.44. The maximum absolute atomic E-state index is 3.58. The monoisotopic (exact) mass is 281 g/mol. The summed E-state index contributed by atoms with van der Waals surface area (Å²) in [5.74, 6) is 1.71. The zero-order valence-corrected chi connectivity index (χ0v) is 14.0. The fourth-order valence-electron chi connectivity index (χ4n) is 3.33. The van der Waals surface area contributed by atoms with E-state index < -0.39 is 0 Å². The fourth-order valence-corrected chi connectivity index (χ4v) is 4.28. The minimum Gasteiger partial charge on any atom is -0.313 e. The average molecular weight is 281 g/mol. The highest BCUT2D eigenvalue weighted by Crippen LogP contribution is 2.74. The number of rotatable bonds is 10. The van der Waals surface area contributed by atoms with Crippen LogP contribution in [0.3, 0.4) is 0 Å². The predicted molar refractivity (Wildman–Crippen MR) is 88.6 cm³/mol. The molecule has 4 unspecified atom stereocenters. The van der Waals surface area contributed by atoms with Crippen LogP contribution in [0, 0.1) is 17.3 Å². The van der Waals surface area contributed by atoms with E-state index in [0.717, 1.165) is 29.5 Å². The first kappa shape index (κ1) is 15.5. The van der Waals surface area contributed by atoms with Crippen LogP contribution in [0.5, 0.6) is 0 Å². The maximum atomic E-state index is 3.58. The zero-order valence-electron chi connectivity index (χ0n) is 12.8. The largest absolute Gasteiger partial charge is 0.313 e. The van der Waals surface area contributed by atoms with Crippen LogP contribution in [-0.2, 0) is 0 Å². The Labute approximate surface area is 122 Å². The number of unbranched alkanes of at least 4 members (excludes halogenated alkanes) is 3. The smallest absolute Gasteiger partial charge is 0.0135 e. The van der Waals surface area contributed by atoms with Gasteiger partial charge in [0.05, 0.1) is 0 Å². The molecule has 2 saturated carbocycles. The molecule has 4 atom stereocenters. The van der Waals surface area contributed by atoms with Crippen LogP contribution in [0.1, 0.15) is 58.8 Å². The van der Waals surface area contributed by atoms with Gasteiger partial charge in [-0.2, -0.15) is 0 Å². The van der Waals surface area contributed by atoms with Gasteiger partial charge in [-0.05, 0) is 48.7 Å². The Hall–Kier alpha value is 0.130. The molecule has 0 saturated heterocycles. The molecule has 0 bridgehead atoms. The van der Waals surface area contributed by atoms with Crippen LogP contribution >= 0.6 is 9.24 Å². The molecule has 0 amide bonds. The highest BCUT2D eigenvalue weighted by atomic mass is 31.0. The van der Waals surface area contributed by atoms with Gasteiger partial charge in [-0.3, -0.25) is 0 Å². The van der Waals surface area contributed by atoms with E-state index in [1.807, 2.05) is 0 Å². The molecule has 1 N–H and O–H groups in total. The molecule has 19 heavy (non-hydrogen) atoms. The molecule has 0 radical (unpaired) electrons. The Morgan fingerprint density at radius 3 is 2.74 bits per heavy atom. The summed E-state index contributed by atoms with van der Waals surface area (Å²) in [6.07, 6.45) is 14.7. The van der Waals surface area contributed by atoms with Gasteiger partial charge >= 0.3 is 0 Å². The number of allylic oxidation sites excluding steroid dienone is 1. The highest BCUT2D eigenvalue weighted by Gasteiger charge is 2.68. The van der Waals surface area contributed by atoms with Crippen LogP contribution in [0.15, 0.2) is 12.2 Å². The average Bonchev–Trinajstić information content (AvgIpc) is 3.28. The Bertz CT molecular complexity index is 296. The van der Waals surface area contributed by atoms with Gasteiger partial charge in [0, 0.05) is 6.54 Å². The van der Waals surface area contributed by atoms with Gasteiger partial charge in [0.1, 0.15) is 0 Å².